The van der Waals surface area contributed by atoms with Crippen LogP contribution in [0.15, 0.2) is 6.20 Å². The van der Waals surface area contributed by atoms with Gasteiger partial charge in [-0.25, -0.2) is 0 Å². The van der Waals surface area contributed by atoms with E-state index in [2.05, 4.69) is 11.9 Å². The first-order chi connectivity index (χ1) is 9.94. The van der Waals surface area contributed by atoms with Crippen molar-refractivity contribution in [2.24, 2.45) is 11.3 Å². The summed E-state index contributed by atoms with van der Waals surface area (Å²) < 4.78 is 5.45. The first kappa shape index (κ1) is 14.4. The molecule has 4 nitrogen and oxygen atoms in total. The maximum atomic E-state index is 12.3. The van der Waals surface area contributed by atoms with Crippen LogP contribution in [0.5, 0.6) is 5.75 Å². The summed E-state index contributed by atoms with van der Waals surface area (Å²) in [5.74, 6) is 1.90. The van der Waals surface area contributed by atoms with E-state index in [0.29, 0.717) is 13.0 Å². The van der Waals surface area contributed by atoms with Crippen molar-refractivity contribution < 1.29 is 9.53 Å². The van der Waals surface area contributed by atoms with E-state index in [1.807, 2.05) is 24.9 Å². The molecule has 0 N–H and O–H groups in total. The van der Waals surface area contributed by atoms with Gasteiger partial charge in [0, 0.05) is 30.3 Å². The van der Waals surface area contributed by atoms with Crippen LogP contribution in [-0.4, -0.2) is 29.4 Å². The van der Waals surface area contributed by atoms with E-state index in [1.54, 1.807) is 7.11 Å². The fourth-order valence-corrected chi connectivity index (χ4v) is 3.65. The maximum absolute atomic E-state index is 12.3. The lowest BCUT2D eigenvalue weighted by Crippen LogP contribution is -2.28. The maximum Gasteiger partial charge on any atom is 0.223 e. The van der Waals surface area contributed by atoms with Crippen LogP contribution in [-0.2, 0) is 11.3 Å². The molecule has 4 heteroatoms. The van der Waals surface area contributed by atoms with Gasteiger partial charge in [0.25, 0.3) is 0 Å². The Morgan fingerprint density at radius 2 is 2.14 bits per heavy atom. The summed E-state index contributed by atoms with van der Waals surface area (Å²) in [6, 6.07) is 0. The van der Waals surface area contributed by atoms with E-state index in [9.17, 15) is 4.79 Å². The molecule has 0 aromatic carbocycles. The number of aryl methyl sites for hydroxylation is 1. The molecule has 2 fully saturated rings. The molecule has 1 amide bonds. The highest BCUT2D eigenvalue weighted by Crippen LogP contribution is 2.51. The van der Waals surface area contributed by atoms with Crippen LogP contribution >= 0.6 is 0 Å². The molecule has 1 saturated heterocycles. The van der Waals surface area contributed by atoms with Crippen molar-refractivity contribution in [3.63, 3.8) is 0 Å². The third-order valence-corrected chi connectivity index (χ3v) is 5.11. The van der Waals surface area contributed by atoms with Crippen LogP contribution in [0.25, 0.3) is 0 Å². The summed E-state index contributed by atoms with van der Waals surface area (Å²) in [7, 11) is 1.68. The Labute approximate surface area is 126 Å². The minimum atomic E-state index is 0.180. The number of ether oxygens (including phenoxy) is 1. The Kier molecular flexibility index (Phi) is 3.42. The number of amides is 1. The molecule has 1 aromatic rings. The van der Waals surface area contributed by atoms with Crippen LogP contribution in [0.4, 0.5) is 0 Å². The molecule has 1 saturated carbocycles. The molecule has 2 aliphatic rings. The summed E-state index contributed by atoms with van der Waals surface area (Å²) >= 11 is 0. The Morgan fingerprint density at radius 1 is 1.43 bits per heavy atom. The predicted octanol–water partition coefficient (Wildman–Crippen LogP) is 2.86. The van der Waals surface area contributed by atoms with Crippen molar-refractivity contribution in [3.05, 3.63) is 23.0 Å². The first-order valence-corrected chi connectivity index (χ1v) is 7.71. The van der Waals surface area contributed by atoms with Crippen molar-refractivity contribution in [2.75, 3.05) is 13.7 Å². The summed E-state index contributed by atoms with van der Waals surface area (Å²) in [5.41, 5.74) is 3.21. The zero-order valence-corrected chi connectivity index (χ0v) is 13.4. The van der Waals surface area contributed by atoms with E-state index in [4.69, 9.17) is 4.74 Å². The molecular weight excluding hydrogens is 264 g/mol. The average molecular weight is 288 g/mol. The number of carbonyl (C=O) groups excluding carboxylic acids is 1. The SMILES string of the molecule is COc1c(C)cnc(CN2C[C@](C)(C3CC3)CC2=O)c1C. The summed E-state index contributed by atoms with van der Waals surface area (Å²) in [6.07, 6.45) is 5.10. The topological polar surface area (TPSA) is 42.4 Å². The van der Waals surface area contributed by atoms with Gasteiger partial charge >= 0.3 is 0 Å². The quantitative estimate of drug-likeness (QED) is 0.855. The van der Waals surface area contributed by atoms with E-state index >= 15 is 0 Å². The van der Waals surface area contributed by atoms with Crippen LogP contribution in [0.1, 0.15) is 43.0 Å². The molecule has 0 unspecified atom stereocenters. The lowest BCUT2D eigenvalue weighted by Gasteiger charge is -2.24. The number of hydrogen-bond acceptors (Lipinski definition) is 3. The fraction of sp³-hybridized carbons (Fsp3) is 0.647. The third-order valence-electron chi connectivity index (χ3n) is 5.11. The summed E-state index contributed by atoms with van der Waals surface area (Å²) in [4.78, 5) is 18.8. The largest absolute Gasteiger partial charge is 0.496 e. The average Bonchev–Trinajstić information content (AvgIpc) is 3.22. The summed E-state index contributed by atoms with van der Waals surface area (Å²) in [5, 5.41) is 0. The summed E-state index contributed by atoms with van der Waals surface area (Å²) in [6.45, 7) is 7.75. The Hall–Kier alpha value is -1.58. The molecule has 3 rings (SSSR count). The van der Waals surface area contributed by atoms with Crippen LogP contribution < -0.4 is 4.74 Å². The van der Waals surface area contributed by atoms with Crippen LogP contribution in [0.2, 0.25) is 0 Å². The number of nitrogens with zero attached hydrogens (tertiary/aromatic N) is 2. The molecule has 1 aliphatic carbocycles. The number of hydrogen-bond donors (Lipinski definition) is 0. The van der Waals surface area contributed by atoms with Gasteiger partial charge in [0.2, 0.25) is 5.91 Å². The van der Waals surface area contributed by atoms with Gasteiger partial charge in [-0.05, 0) is 38.0 Å². The third kappa shape index (κ3) is 2.52. The first-order valence-electron chi connectivity index (χ1n) is 7.71. The van der Waals surface area contributed by atoms with Gasteiger partial charge in [-0.3, -0.25) is 9.78 Å². The van der Waals surface area contributed by atoms with Gasteiger partial charge in [0.1, 0.15) is 5.75 Å². The smallest absolute Gasteiger partial charge is 0.223 e. The van der Waals surface area contributed by atoms with E-state index < -0.39 is 0 Å². The lowest BCUT2D eigenvalue weighted by atomic mass is 9.84. The Balaban J connectivity index is 1.79. The second kappa shape index (κ2) is 5.00. The highest BCUT2D eigenvalue weighted by molar-refractivity contribution is 5.79. The molecule has 0 spiro atoms. The van der Waals surface area contributed by atoms with Crippen LogP contribution in [0.3, 0.4) is 0 Å². The molecule has 0 radical (unpaired) electrons. The fourth-order valence-electron chi connectivity index (χ4n) is 3.65. The van der Waals surface area contributed by atoms with Gasteiger partial charge in [0.05, 0.1) is 19.3 Å². The molecule has 0 bridgehead atoms. The zero-order chi connectivity index (χ0) is 15.2. The number of aromatic nitrogens is 1. The zero-order valence-electron chi connectivity index (χ0n) is 13.4. The van der Waals surface area contributed by atoms with Crippen LogP contribution in [0, 0.1) is 25.2 Å². The monoisotopic (exact) mass is 288 g/mol. The second-order valence-corrected chi connectivity index (χ2v) is 6.90. The molecule has 2 heterocycles. The number of likely N-dealkylation sites (tertiary alicyclic amines) is 1. The minimum absolute atomic E-state index is 0.180. The highest BCUT2D eigenvalue weighted by atomic mass is 16.5. The lowest BCUT2D eigenvalue weighted by molar-refractivity contribution is -0.128. The van der Waals surface area contributed by atoms with Gasteiger partial charge < -0.3 is 9.64 Å². The van der Waals surface area contributed by atoms with E-state index in [0.717, 1.165) is 35.0 Å². The molecule has 1 aliphatic heterocycles. The van der Waals surface area contributed by atoms with Crippen molar-refractivity contribution in [3.8, 4) is 5.75 Å². The van der Waals surface area contributed by atoms with Crippen molar-refractivity contribution >= 4 is 5.91 Å². The van der Waals surface area contributed by atoms with Crippen molar-refractivity contribution in [2.45, 2.75) is 46.6 Å². The number of pyridine rings is 1. The van der Waals surface area contributed by atoms with Gasteiger partial charge in [-0.2, -0.15) is 0 Å². The molecule has 21 heavy (non-hydrogen) atoms. The van der Waals surface area contributed by atoms with Crippen molar-refractivity contribution in [1.82, 2.24) is 9.88 Å². The van der Waals surface area contributed by atoms with Crippen molar-refractivity contribution in [1.29, 1.82) is 0 Å². The predicted molar refractivity (Wildman–Crippen MR) is 81.1 cm³/mol. The number of methoxy groups -OCH3 is 1. The Morgan fingerprint density at radius 3 is 2.76 bits per heavy atom. The number of rotatable bonds is 4. The normalized spacial score (nSPS) is 25.5. The molecule has 114 valence electrons. The Bertz CT molecular complexity index is 580. The minimum Gasteiger partial charge on any atom is -0.496 e. The highest BCUT2D eigenvalue weighted by Gasteiger charge is 2.49. The van der Waals surface area contributed by atoms with E-state index in [1.165, 1.54) is 12.8 Å². The molecule has 1 aromatic heterocycles. The van der Waals surface area contributed by atoms with Gasteiger partial charge in [-0.1, -0.05) is 6.92 Å². The molecule has 1 atom stereocenters. The number of carbonyl (C=O) groups is 1. The molecular formula is C17H24N2O2. The second-order valence-electron chi connectivity index (χ2n) is 6.90. The van der Waals surface area contributed by atoms with E-state index in [-0.39, 0.29) is 11.3 Å². The standard InChI is InChI=1S/C17H24N2O2/c1-11-8-18-14(12(2)16(11)21-4)9-19-10-17(3,7-15(19)20)13-5-6-13/h8,13H,5-7,9-10H2,1-4H3/t17-/m1/s1. The van der Waals surface area contributed by atoms with Gasteiger partial charge in [0.15, 0.2) is 0 Å². The van der Waals surface area contributed by atoms with Gasteiger partial charge in [-0.15, -0.1) is 0 Å².